The summed E-state index contributed by atoms with van der Waals surface area (Å²) < 4.78 is 1.51. The van der Waals surface area contributed by atoms with Crippen LogP contribution in [0.5, 0.6) is 0 Å². The van der Waals surface area contributed by atoms with E-state index in [1.807, 2.05) is 24.3 Å². The number of rotatable bonds is 4. The normalized spacial score (nSPS) is 12.4. The van der Waals surface area contributed by atoms with Crippen molar-refractivity contribution in [3.05, 3.63) is 63.3 Å². The molecule has 0 radical (unpaired) electrons. The zero-order valence-corrected chi connectivity index (χ0v) is 12.1. The van der Waals surface area contributed by atoms with E-state index in [1.54, 1.807) is 13.8 Å². The van der Waals surface area contributed by atoms with E-state index in [4.69, 9.17) is 0 Å². The summed E-state index contributed by atoms with van der Waals surface area (Å²) in [6, 6.07) is 9.31. The Morgan fingerprint density at radius 2 is 1.90 bits per heavy atom. The fourth-order valence-electron chi connectivity index (χ4n) is 2.24. The molecule has 0 spiro atoms. The predicted octanol–water partition coefficient (Wildman–Crippen LogP) is 2.16. The molecule has 0 aliphatic heterocycles. The maximum atomic E-state index is 11.9. The zero-order valence-electron chi connectivity index (χ0n) is 12.1. The molecule has 20 heavy (non-hydrogen) atoms. The largest absolute Gasteiger partial charge is 0.387 e. The van der Waals surface area contributed by atoms with Gasteiger partial charge in [-0.05, 0) is 31.4 Å². The van der Waals surface area contributed by atoms with Crippen LogP contribution in [-0.2, 0) is 13.0 Å². The van der Waals surface area contributed by atoms with Gasteiger partial charge >= 0.3 is 0 Å². The number of aliphatic hydroxyl groups is 1. The molecule has 1 aromatic heterocycles. The molecule has 1 N–H and O–H groups in total. The predicted molar refractivity (Wildman–Crippen MR) is 78.8 cm³/mol. The van der Waals surface area contributed by atoms with Gasteiger partial charge in [0, 0.05) is 11.8 Å². The molecule has 4 nitrogen and oxygen atoms in total. The van der Waals surface area contributed by atoms with Gasteiger partial charge in [0.25, 0.3) is 5.56 Å². The number of benzene rings is 1. The molecule has 1 aromatic carbocycles. The van der Waals surface area contributed by atoms with Gasteiger partial charge in [-0.25, -0.2) is 4.98 Å². The Morgan fingerprint density at radius 3 is 2.45 bits per heavy atom. The SMILES string of the molecule is CCc1ccc(C(O)Cn2c(C)nc(C)cc2=O)cc1. The van der Waals surface area contributed by atoms with E-state index in [-0.39, 0.29) is 12.1 Å². The molecular formula is C16H20N2O2. The molecule has 0 aliphatic rings. The van der Waals surface area contributed by atoms with Crippen LogP contribution in [0, 0.1) is 13.8 Å². The summed E-state index contributed by atoms with van der Waals surface area (Å²) in [5.41, 5.74) is 2.62. The third kappa shape index (κ3) is 3.14. The summed E-state index contributed by atoms with van der Waals surface area (Å²) in [5, 5.41) is 10.3. The number of hydrogen-bond donors (Lipinski definition) is 1. The van der Waals surface area contributed by atoms with Crippen LogP contribution in [0.3, 0.4) is 0 Å². The average Bonchev–Trinajstić information content (AvgIpc) is 2.42. The van der Waals surface area contributed by atoms with Crippen molar-refractivity contribution in [2.24, 2.45) is 0 Å². The molecule has 106 valence electrons. The van der Waals surface area contributed by atoms with E-state index in [0.717, 1.165) is 12.0 Å². The van der Waals surface area contributed by atoms with Gasteiger partial charge < -0.3 is 5.11 Å². The van der Waals surface area contributed by atoms with Crippen LogP contribution < -0.4 is 5.56 Å². The van der Waals surface area contributed by atoms with Crippen LogP contribution in [0.1, 0.15) is 35.7 Å². The van der Waals surface area contributed by atoms with Gasteiger partial charge in [0.2, 0.25) is 0 Å². The van der Waals surface area contributed by atoms with Gasteiger partial charge in [0.15, 0.2) is 0 Å². The monoisotopic (exact) mass is 272 g/mol. The summed E-state index contributed by atoms with van der Waals surface area (Å²) in [4.78, 5) is 16.2. The maximum Gasteiger partial charge on any atom is 0.253 e. The van der Waals surface area contributed by atoms with E-state index in [2.05, 4.69) is 11.9 Å². The van der Waals surface area contributed by atoms with Gasteiger partial charge in [0.1, 0.15) is 5.82 Å². The number of aliphatic hydroxyl groups excluding tert-OH is 1. The molecule has 0 bridgehead atoms. The van der Waals surface area contributed by atoms with E-state index < -0.39 is 6.10 Å². The van der Waals surface area contributed by atoms with Crippen molar-refractivity contribution in [2.75, 3.05) is 0 Å². The second-order valence-electron chi connectivity index (χ2n) is 5.00. The molecule has 0 aliphatic carbocycles. The Labute approximate surface area is 118 Å². The minimum Gasteiger partial charge on any atom is -0.387 e. The quantitative estimate of drug-likeness (QED) is 0.928. The molecule has 1 atom stereocenters. The van der Waals surface area contributed by atoms with Crippen LogP contribution in [-0.4, -0.2) is 14.7 Å². The van der Waals surface area contributed by atoms with Crippen LogP contribution in [0.25, 0.3) is 0 Å². The van der Waals surface area contributed by atoms with Crippen LogP contribution in [0.15, 0.2) is 35.1 Å². The highest BCUT2D eigenvalue weighted by atomic mass is 16.3. The first-order chi connectivity index (χ1) is 9.51. The molecule has 0 saturated heterocycles. The van der Waals surface area contributed by atoms with E-state index in [0.29, 0.717) is 11.5 Å². The number of aryl methyl sites for hydroxylation is 3. The smallest absolute Gasteiger partial charge is 0.253 e. The summed E-state index contributed by atoms with van der Waals surface area (Å²) in [7, 11) is 0. The number of hydrogen-bond acceptors (Lipinski definition) is 3. The van der Waals surface area contributed by atoms with Crippen LogP contribution >= 0.6 is 0 Å². The molecule has 0 amide bonds. The number of aromatic nitrogens is 2. The van der Waals surface area contributed by atoms with Crippen molar-refractivity contribution in [1.29, 1.82) is 0 Å². The summed E-state index contributed by atoms with van der Waals surface area (Å²) in [6.07, 6.45) is 0.262. The lowest BCUT2D eigenvalue weighted by Gasteiger charge is -2.15. The molecule has 4 heteroatoms. The molecule has 2 aromatic rings. The van der Waals surface area contributed by atoms with Crippen molar-refractivity contribution in [1.82, 2.24) is 9.55 Å². The van der Waals surface area contributed by atoms with Crippen molar-refractivity contribution >= 4 is 0 Å². The van der Waals surface area contributed by atoms with Crippen molar-refractivity contribution in [3.63, 3.8) is 0 Å². The fraction of sp³-hybridized carbons (Fsp3) is 0.375. The van der Waals surface area contributed by atoms with E-state index in [9.17, 15) is 9.90 Å². The Kier molecular flexibility index (Phi) is 4.35. The summed E-state index contributed by atoms with van der Waals surface area (Å²) in [5.74, 6) is 0.624. The lowest BCUT2D eigenvalue weighted by atomic mass is 10.1. The first-order valence-corrected chi connectivity index (χ1v) is 6.83. The van der Waals surface area contributed by atoms with Gasteiger partial charge in [-0.3, -0.25) is 9.36 Å². The highest BCUT2D eigenvalue weighted by Gasteiger charge is 2.11. The van der Waals surface area contributed by atoms with Crippen LogP contribution in [0.4, 0.5) is 0 Å². The highest BCUT2D eigenvalue weighted by Crippen LogP contribution is 2.16. The van der Waals surface area contributed by atoms with Gasteiger partial charge in [-0.15, -0.1) is 0 Å². The molecule has 2 rings (SSSR count). The minimum atomic E-state index is -0.707. The zero-order chi connectivity index (χ0) is 14.7. The van der Waals surface area contributed by atoms with Gasteiger partial charge in [0.05, 0.1) is 12.6 Å². The van der Waals surface area contributed by atoms with Gasteiger partial charge in [-0.2, -0.15) is 0 Å². The fourth-order valence-corrected chi connectivity index (χ4v) is 2.24. The second kappa shape index (κ2) is 6.01. The van der Waals surface area contributed by atoms with Crippen molar-refractivity contribution in [3.8, 4) is 0 Å². The standard InChI is InChI=1S/C16H20N2O2/c1-4-13-5-7-14(8-6-13)15(19)10-18-12(3)17-11(2)9-16(18)20/h5-9,15,19H,4,10H2,1-3H3. The number of nitrogens with zero attached hydrogens (tertiary/aromatic N) is 2. The van der Waals surface area contributed by atoms with Crippen molar-refractivity contribution in [2.45, 2.75) is 39.8 Å². The molecule has 1 heterocycles. The Bertz CT molecular complexity index is 645. The molecule has 0 saturated carbocycles. The van der Waals surface area contributed by atoms with E-state index in [1.165, 1.54) is 16.2 Å². The van der Waals surface area contributed by atoms with Crippen molar-refractivity contribution < 1.29 is 5.11 Å². The highest BCUT2D eigenvalue weighted by molar-refractivity contribution is 5.24. The second-order valence-corrected chi connectivity index (χ2v) is 5.00. The lowest BCUT2D eigenvalue weighted by molar-refractivity contribution is 0.153. The first-order valence-electron chi connectivity index (χ1n) is 6.83. The summed E-state index contributed by atoms with van der Waals surface area (Å²) in [6.45, 7) is 5.88. The first kappa shape index (κ1) is 14.5. The summed E-state index contributed by atoms with van der Waals surface area (Å²) >= 11 is 0. The average molecular weight is 272 g/mol. The third-order valence-corrected chi connectivity index (χ3v) is 3.46. The van der Waals surface area contributed by atoms with Crippen LogP contribution in [0.2, 0.25) is 0 Å². The topological polar surface area (TPSA) is 55.1 Å². The molecule has 1 unspecified atom stereocenters. The third-order valence-electron chi connectivity index (χ3n) is 3.46. The molecule has 0 fully saturated rings. The minimum absolute atomic E-state index is 0.126. The lowest BCUT2D eigenvalue weighted by Crippen LogP contribution is -2.26. The Morgan fingerprint density at radius 1 is 1.25 bits per heavy atom. The van der Waals surface area contributed by atoms with Gasteiger partial charge in [-0.1, -0.05) is 31.2 Å². The maximum absolute atomic E-state index is 11.9. The van der Waals surface area contributed by atoms with E-state index >= 15 is 0 Å². The Hall–Kier alpha value is -1.94. The Balaban J connectivity index is 2.23. The molecular weight excluding hydrogens is 252 g/mol.